The number of likely N-dealkylation sites (N-methyl/N-ethyl adjacent to an activating group) is 1. The van der Waals surface area contributed by atoms with Crippen molar-refractivity contribution >= 4 is 21.4 Å². The van der Waals surface area contributed by atoms with E-state index in [0.29, 0.717) is 0 Å². The van der Waals surface area contributed by atoms with E-state index in [1.54, 1.807) is 17.4 Å². The Hall–Kier alpha value is -1.71. The first-order valence-corrected chi connectivity index (χ1v) is 7.89. The molecule has 108 valence electrons. The van der Waals surface area contributed by atoms with Gasteiger partial charge in [-0.15, -0.1) is 11.3 Å². The van der Waals surface area contributed by atoms with Crippen LogP contribution in [0.2, 0.25) is 0 Å². The van der Waals surface area contributed by atoms with Gasteiger partial charge in [0.15, 0.2) is 0 Å². The van der Waals surface area contributed by atoms with Crippen molar-refractivity contribution in [2.45, 2.75) is 19.4 Å². The number of thiophene rings is 1. The molecule has 0 spiro atoms. The van der Waals surface area contributed by atoms with Gasteiger partial charge in [0.1, 0.15) is 5.82 Å². The van der Waals surface area contributed by atoms with Crippen LogP contribution in [0.15, 0.2) is 48.5 Å². The molecule has 1 atom stereocenters. The fraction of sp³-hybridized carbons (Fsp3) is 0.222. The van der Waals surface area contributed by atoms with Crippen LogP contribution in [0, 0.1) is 12.7 Å². The monoisotopic (exact) mass is 299 g/mol. The topological polar surface area (TPSA) is 12.0 Å². The molecule has 0 aliphatic carbocycles. The summed E-state index contributed by atoms with van der Waals surface area (Å²) in [4.78, 5) is 1.25. The lowest BCUT2D eigenvalue weighted by atomic mass is 10.0. The second-order valence-corrected chi connectivity index (χ2v) is 6.48. The maximum atomic E-state index is 13.3. The maximum Gasteiger partial charge on any atom is 0.124 e. The number of hydrogen-bond donors (Lipinski definition) is 1. The number of rotatable bonds is 4. The predicted octanol–water partition coefficient (Wildman–Crippen LogP) is 4.85. The summed E-state index contributed by atoms with van der Waals surface area (Å²) in [6.45, 7) is 2.11. The molecule has 21 heavy (non-hydrogen) atoms. The summed E-state index contributed by atoms with van der Waals surface area (Å²) in [6, 6.07) is 16.0. The van der Waals surface area contributed by atoms with Gasteiger partial charge in [-0.25, -0.2) is 4.39 Å². The van der Waals surface area contributed by atoms with Crippen molar-refractivity contribution in [1.82, 2.24) is 5.32 Å². The number of fused-ring (bicyclic) bond motifs is 1. The third kappa shape index (κ3) is 3.14. The summed E-state index contributed by atoms with van der Waals surface area (Å²) in [5.41, 5.74) is 2.60. The zero-order chi connectivity index (χ0) is 14.8. The van der Waals surface area contributed by atoms with Gasteiger partial charge in [0.25, 0.3) is 0 Å². The minimum Gasteiger partial charge on any atom is -0.312 e. The molecule has 0 bridgehead atoms. The lowest BCUT2D eigenvalue weighted by molar-refractivity contribution is 0.602. The number of aryl methyl sites for hydroxylation is 1. The predicted molar refractivity (Wildman–Crippen MR) is 88.5 cm³/mol. The van der Waals surface area contributed by atoms with Gasteiger partial charge in [0.2, 0.25) is 0 Å². The molecular formula is C18H18FNS. The smallest absolute Gasteiger partial charge is 0.124 e. The molecule has 1 N–H and O–H groups in total. The molecule has 1 nitrogen and oxygen atoms in total. The Labute approximate surface area is 128 Å². The molecule has 2 aromatic carbocycles. The van der Waals surface area contributed by atoms with E-state index >= 15 is 0 Å². The van der Waals surface area contributed by atoms with E-state index < -0.39 is 0 Å². The zero-order valence-electron chi connectivity index (χ0n) is 12.2. The third-order valence-electron chi connectivity index (χ3n) is 3.72. The second-order valence-electron chi connectivity index (χ2n) is 5.37. The summed E-state index contributed by atoms with van der Waals surface area (Å²) in [5, 5.41) is 4.49. The van der Waals surface area contributed by atoms with Gasteiger partial charge in [-0.05, 0) is 49.5 Å². The summed E-state index contributed by atoms with van der Waals surface area (Å²) >= 11 is 1.67. The molecule has 0 saturated heterocycles. The molecule has 1 heterocycles. The van der Waals surface area contributed by atoms with Gasteiger partial charge in [-0.3, -0.25) is 0 Å². The van der Waals surface area contributed by atoms with Crippen molar-refractivity contribution in [3.05, 3.63) is 70.4 Å². The quantitative estimate of drug-likeness (QED) is 0.726. The van der Waals surface area contributed by atoms with E-state index in [-0.39, 0.29) is 11.9 Å². The second kappa shape index (κ2) is 5.96. The first kappa shape index (κ1) is 14.2. The zero-order valence-corrected chi connectivity index (χ0v) is 13.0. The number of nitrogens with one attached hydrogen (secondary N) is 1. The van der Waals surface area contributed by atoms with Gasteiger partial charge in [0.05, 0.1) is 0 Å². The highest BCUT2D eigenvalue weighted by atomic mass is 32.1. The lowest BCUT2D eigenvalue weighted by Crippen LogP contribution is -2.17. The highest BCUT2D eigenvalue weighted by Crippen LogP contribution is 2.32. The van der Waals surface area contributed by atoms with E-state index in [4.69, 9.17) is 0 Å². The molecule has 0 amide bonds. The van der Waals surface area contributed by atoms with Crippen LogP contribution in [0.4, 0.5) is 4.39 Å². The number of benzene rings is 2. The van der Waals surface area contributed by atoms with E-state index in [1.807, 2.05) is 13.1 Å². The normalized spacial score (nSPS) is 12.7. The summed E-state index contributed by atoms with van der Waals surface area (Å²) in [6.07, 6.45) is 0.938. The van der Waals surface area contributed by atoms with E-state index in [2.05, 4.69) is 42.6 Å². The summed E-state index contributed by atoms with van der Waals surface area (Å²) < 4.78 is 14.3. The third-order valence-corrected chi connectivity index (χ3v) is 4.93. The minimum atomic E-state index is -0.171. The van der Waals surface area contributed by atoms with Gasteiger partial charge < -0.3 is 5.32 Å². The first-order valence-electron chi connectivity index (χ1n) is 7.07. The van der Waals surface area contributed by atoms with Crippen molar-refractivity contribution in [3.8, 4) is 0 Å². The van der Waals surface area contributed by atoms with Crippen molar-refractivity contribution < 1.29 is 4.39 Å². The number of halogens is 1. The van der Waals surface area contributed by atoms with Gasteiger partial charge in [-0.1, -0.05) is 35.9 Å². The van der Waals surface area contributed by atoms with Gasteiger partial charge in [0, 0.05) is 15.6 Å². The van der Waals surface area contributed by atoms with Crippen molar-refractivity contribution in [2.75, 3.05) is 7.05 Å². The van der Waals surface area contributed by atoms with Crippen LogP contribution in [-0.2, 0) is 6.42 Å². The average Bonchev–Trinajstić information content (AvgIpc) is 2.87. The molecule has 0 radical (unpaired) electrons. The SMILES string of the molecule is CNC(Cc1cccc(C)c1)c1cc2ccc(F)cc2s1. The Morgan fingerprint density at radius 3 is 2.76 bits per heavy atom. The highest BCUT2D eigenvalue weighted by molar-refractivity contribution is 7.19. The average molecular weight is 299 g/mol. The fourth-order valence-corrected chi connectivity index (χ4v) is 3.82. The van der Waals surface area contributed by atoms with Crippen LogP contribution in [0.5, 0.6) is 0 Å². The molecule has 0 fully saturated rings. The van der Waals surface area contributed by atoms with Crippen LogP contribution in [0.25, 0.3) is 10.1 Å². The Kier molecular flexibility index (Phi) is 4.04. The van der Waals surface area contributed by atoms with Crippen LogP contribution in [0.3, 0.4) is 0 Å². The Bertz CT molecular complexity index is 763. The van der Waals surface area contributed by atoms with Crippen LogP contribution < -0.4 is 5.32 Å². The Morgan fingerprint density at radius 1 is 1.14 bits per heavy atom. The van der Waals surface area contributed by atoms with Crippen LogP contribution in [0.1, 0.15) is 22.0 Å². The van der Waals surface area contributed by atoms with Crippen molar-refractivity contribution in [3.63, 3.8) is 0 Å². The Morgan fingerprint density at radius 2 is 2.00 bits per heavy atom. The Balaban J connectivity index is 1.90. The highest BCUT2D eigenvalue weighted by Gasteiger charge is 2.14. The lowest BCUT2D eigenvalue weighted by Gasteiger charge is -2.14. The molecule has 0 saturated carbocycles. The van der Waals surface area contributed by atoms with Crippen LogP contribution >= 0.6 is 11.3 Å². The number of hydrogen-bond acceptors (Lipinski definition) is 2. The molecule has 3 aromatic rings. The standard InChI is InChI=1S/C18H18FNS/c1-12-4-3-5-13(8-12)9-16(20-2)18-10-14-6-7-15(19)11-17(14)21-18/h3-8,10-11,16,20H,9H2,1-2H3. The molecule has 3 heteroatoms. The maximum absolute atomic E-state index is 13.3. The van der Waals surface area contributed by atoms with Crippen LogP contribution in [-0.4, -0.2) is 7.05 Å². The largest absolute Gasteiger partial charge is 0.312 e. The van der Waals surface area contributed by atoms with E-state index in [9.17, 15) is 4.39 Å². The molecule has 1 aromatic heterocycles. The summed E-state index contributed by atoms with van der Waals surface area (Å²) in [5.74, 6) is -0.171. The minimum absolute atomic E-state index is 0.171. The van der Waals surface area contributed by atoms with Crippen molar-refractivity contribution in [2.24, 2.45) is 0 Å². The van der Waals surface area contributed by atoms with Gasteiger partial charge in [-0.2, -0.15) is 0 Å². The van der Waals surface area contributed by atoms with Gasteiger partial charge >= 0.3 is 0 Å². The van der Waals surface area contributed by atoms with Crippen molar-refractivity contribution in [1.29, 1.82) is 0 Å². The first-order chi connectivity index (χ1) is 10.2. The molecule has 0 aliphatic heterocycles. The molecular weight excluding hydrogens is 281 g/mol. The molecule has 0 aliphatic rings. The van der Waals surface area contributed by atoms with E-state index in [1.165, 1.54) is 22.1 Å². The molecule has 1 unspecified atom stereocenters. The van der Waals surface area contributed by atoms with E-state index in [0.717, 1.165) is 16.5 Å². The fourth-order valence-electron chi connectivity index (χ4n) is 2.62. The molecule has 3 rings (SSSR count). The summed E-state index contributed by atoms with van der Waals surface area (Å²) in [7, 11) is 1.98.